The SMILES string of the molecule is COC(=O)CNc1cc(NC2CCOCC2)ncn1. The average Bonchev–Trinajstić information content (AvgIpc) is 2.46. The molecule has 0 atom stereocenters. The van der Waals surface area contributed by atoms with Crippen molar-refractivity contribution in [2.75, 3.05) is 37.5 Å². The van der Waals surface area contributed by atoms with E-state index in [0.717, 1.165) is 31.9 Å². The van der Waals surface area contributed by atoms with E-state index in [2.05, 4.69) is 25.3 Å². The van der Waals surface area contributed by atoms with Crippen molar-refractivity contribution in [3.63, 3.8) is 0 Å². The van der Waals surface area contributed by atoms with Crippen LogP contribution in [0.1, 0.15) is 12.8 Å². The third-order valence-corrected chi connectivity index (χ3v) is 2.88. The summed E-state index contributed by atoms with van der Waals surface area (Å²) in [6, 6.07) is 2.15. The monoisotopic (exact) mass is 266 g/mol. The minimum absolute atomic E-state index is 0.0875. The molecular weight excluding hydrogens is 248 g/mol. The molecule has 7 nitrogen and oxygen atoms in total. The van der Waals surface area contributed by atoms with Gasteiger partial charge in [-0.05, 0) is 12.8 Å². The van der Waals surface area contributed by atoms with Gasteiger partial charge < -0.3 is 20.1 Å². The Morgan fingerprint density at radius 1 is 1.42 bits per heavy atom. The summed E-state index contributed by atoms with van der Waals surface area (Å²) in [5, 5.41) is 6.22. The summed E-state index contributed by atoms with van der Waals surface area (Å²) in [5.41, 5.74) is 0. The molecule has 7 heteroatoms. The van der Waals surface area contributed by atoms with Crippen LogP contribution in [0.5, 0.6) is 0 Å². The topological polar surface area (TPSA) is 85.4 Å². The summed E-state index contributed by atoms with van der Waals surface area (Å²) in [6.45, 7) is 1.64. The standard InChI is InChI=1S/C12H18N4O3/c1-18-12(17)7-13-10-6-11(15-8-14-10)16-9-2-4-19-5-3-9/h6,8-9H,2-5,7H2,1H3,(H2,13,14,15,16). The zero-order valence-electron chi connectivity index (χ0n) is 10.9. The number of hydrogen-bond acceptors (Lipinski definition) is 7. The third kappa shape index (κ3) is 4.36. The molecule has 2 rings (SSSR count). The van der Waals surface area contributed by atoms with E-state index in [4.69, 9.17) is 4.74 Å². The maximum atomic E-state index is 11.0. The Bertz CT molecular complexity index is 421. The van der Waals surface area contributed by atoms with Crippen LogP contribution in [0.4, 0.5) is 11.6 Å². The molecule has 2 N–H and O–H groups in total. The van der Waals surface area contributed by atoms with Gasteiger partial charge in [0, 0.05) is 25.3 Å². The highest BCUT2D eigenvalue weighted by molar-refractivity contribution is 5.74. The first-order valence-electron chi connectivity index (χ1n) is 6.25. The summed E-state index contributed by atoms with van der Waals surface area (Å²) < 4.78 is 9.85. The molecule has 2 heterocycles. The van der Waals surface area contributed by atoms with Gasteiger partial charge in [-0.2, -0.15) is 0 Å². The second-order valence-corrected chi connectivity index (χ2v) is 4.25. The Kier molecular flexibility index (Phi) is 4.91. The second kappa shape index (κ2) is 6.89. The highest BCUT2D eigenvalue weighted by atomic mass is 16.5. The Labute approximate surface area is 111 Å². The summed E-state index contributed by atoms with van der Waals surface area (Å²) >= 11 is 0. The van der Waals surface area contributed by atoms with Gasteiger partial charge in [0.05, 0.1) is 7.11 Å². The van der Waals surface area contributed by atoms with Gasteiger partial charge in [0.25, 0.3) is 0 Å². The molecule has 0 aromatic carbocycles. The zero-order chi connectivity index (χ0) is 13.5. The summed E-state index contributed by atoms with van der Waals surface area (Å²) in [7, 11) is 1.35. The number of nitrogens with zero attached hydrogens (tertiary/aromatic N) is 2. The van der Waals surface area contributed by atoms with Crippen molar-refractivity contribution in [2.24, 2.45) is 0 Å². The number of esters is 1. The minimum atomic E-state index is -0.336. The Morgan fingerprint density at radius 3 is 2.89 bits per heavy atom. The second-order valence-electron chi connectivity index (χ2n) is 4.25. The van der Waals surface area contributed by atoms with Gasteiger partial charge >= 0.3 is 5.97 Å². The van der Waals surface area contributed by atoms with Crippen molar-refractivity contribution in [3.05, 3.63) is 12.4 Å². The normalized spacial score (nSPS) is 15.8. The predicted octanol–water partition coefficient (Wildman–Crippen LogP) is 0.652. The van der Waals surface area contributed by atoms with E-state index in [0.29, 0.717) is 11.9 Å². The van der Waals surface area contributed by atoms with E-state index in [1.54, 1.807) is 6.07 Å². The fourth-order valence-electron chi connectivity index (χ4n) is 1.82. The van der Waals surface area contributed by atoms with E-state index in [-0.39, 0.29) is 12.5 Å². The van der Waals surface area contributed by atoms with Gasteiger partial charge in [0.1, 0.15) is 24.5 Å². The van der Waals surface area contributed by atoms with Crippen molar-refractivity contribution in [1.29, 1.82) is 0 Å². The molecule has 1 aromatic heterocycles. The van der Waals surface area contributed by atoms with Crippen molar-refractivity contribution >= 4 is 17.6 Å². The molecule has 19 heavy (non-hydrogen) atoms. The van der Waals surface area contributed by atoms with Gasteiger partial charge in [-0.1, -0.05) is 0 Å². The number of rotatable bonds is 5. The van der Waals surface area contributed by atoms with Gasteiger partial charge in [-0.15, -0.1) is 0 Å². The van der Waals surface area contributed by atoms with Crippen LogP contribution in [-0.2, 0) is 14.3 Å². The number of aromatic nitrogens is 2. The Morgan fingerprint density at radius 2 is 2.16 bits per heavy atom. The number of nitrogens with one attached hydrogen (secondary N) is 2. The highest BCUT2D eigenvalue weighted by Crippen LogP contribution is 2.14. The first-order valence-corrected chi connectivity index (χ1v) is 6.25. The average molecular weight is 266 g/mol. The van der Waals surface area contributed by atoms with E-state index >= 15 is 0 Å². The van der Waals surface area contributed by atoms with Crippen LogP contribution in [0.15, 0.2) is 12.4 Å². The van der Waals surface area contributed by atoms with Gasteiger partial charge in [-0.3, -0.25) is 4.79 Å². The molecule has 104 valence electrons. The molecule has 1 aliphatic rings. The zero-order valence-corrected chi connectivity index (χ0v) is 10.9. The minimum Gasteiger partial charge on any atom is -0.468 e. The Balaban J connectivity index is 1.88. The molecule has 1 aromatic rings. The smallest absolute Gasteiger partial charge is 0.325 e. The number of methoxy groups -OCH3 is 1. The van der Waals surface area contributed by atoms with Crippen LogP contribution in [0, 0.1) is 0 Å². The molecular formula is C12H18N4O3. The maximum absolute atomic E-state index is 11.0. The Hall–Kier alpha value is -1.89. The molecule has 0 unspecified atom stereocenters. The van der Waals surface area contributed by atoms with E-state index in [9.17, 15) is 4.79 Å². The van der Waals surface area contributed by atoms with Crippen molar-refractivity contribution in [1.82, 2.24) is 9.97 Å². The van der Waals surface area contributed by atoms with Gasteiger partial charge in [0.2, 0.25) is 0 Å². The first-order chi connectivity index (χ1) is 9.28. The maximum Gasteiger partial charge on any atom is 0.325 e. The molecule has 0 aliphatic carbocycles. The molecule has 0 spiro atoms. The highest BCUT2D eigenvalue weighted by Gasteiger charge is 2.14. The van der Waals surface area contributed by atoms with Crippen molar-refractivity contribution < 1.29 is 14.3 Å². The molecule has 1 aliphatic heterocycles. The lowest BCUT2D eigenvalue weighted by Gasteiger charge is -2.23. The lowest BCUT2D eigenvalue weighted by Crippen LogP contribution is -2.28. The lowest BCUT2D eigenvalue weighted by atomic mass is 10.1. The molecule has 1 saturated heterocycles. The van der Waals surface area contributed by atoms with Crippen LogP contribution in [0.25, 0.3) is 0 Å². The first kappa shape index (κ1) is 13.5. The molecule has 0 amide bonds. The van der Waals surface area contributed by atoms with Crippen LogP contribution in [0.2, 0.25) is 0 Å². The van der Waals surface area contributed by atoms with Gasteiger partial charge in [0.15, 0.2) is 0 Å². The van der Waals surface area contributed by atoms with Crippen LogP contribution >= 0.6 is 0 Å². The van der Waals surface area contributed by atoms with Gasteiger partial charge in [-0.25, -0.2) is 9.97 Å². The van der Waals surface area contributed by atoms with Crippen molar-refractivity contribution in [2.45, 2.75) is 18.9 Å². The fourth-order valence-corrected chi connectivity index (χ4v) is 1.82. The largest absolute Gasteiger partial charge is 0.468 e. The molecule has 0 saturated carbocycles. The van der Waals surface area contributed by atoms with E-state index in [1.165, 1.54) is 13.4 Å². The van der Waals surface area contributed by atoms with E-state index in [1.807, 2.05) is 0 Å². The number of carbonyl (C=O) groups excluding carboxylic acids is 1. The molecule has 0 radical (unpaired) electrons. The summed E-state index contributed by atoms with van der Waals surface area (Å²) in [5.74, 6) is 1.00. The third-order valence-electron chi connectivity index (χ3n) is 2.88. The molecule has 0 bridgehead atoms. The van der Waals surface area contributed by atoms with Crippen molar-refractivity contribution in [3.8, 4) is 0 Å². The predicted molar refractivity (Wildman–Crippen MR) is 70.0 cm³/mol. The molecule has 1 fully saturated rings. The quantitative estimate of drug-likeness (QED) is 0.757. The number of hydrogen-bond donors (Lipinski definition) is 2. The van der Waals surface area contributed by atoms with Crippen LogP contribution in [-0.4, -0.2) is 48.8 Å². The number of anilines is 2. The lowest BCUT2D eigenvalue weighted by molar-refractivity contribution is -0.138. The summed E-state index contributed by atoms with van der Waals surface area (Å²) in [4.78, 5) is 19.2. The fraction of sp³-hybridized carbons (Fsp3) is 0.583. The number of ether oxygens (including phenoxy) is 2. The summed E-state index contributed by atoms with van der Waals surface area (Å²) in [6.07, 6.45) is 3.39. The van der Waals surface area contributed by atoms with Crippen LogP contribution < -0.4 is 10.6 Å². The number of carbonyl (C=O) groups is 1. The van der Waals surface area contributed by atoms with E-state index < -0.39 is 0 Å². The van der Waals surface area contributed by atoms with Crippen LogP contribution in [0.3, 0.4) is 0 Å².